The van der Waals surface area contributed by atoms with Crippen LogP contribution in [0.25, 0.3) is 0 Å². The van der Waals surface area contributed by atoms with E-state index in [0.29, 0.717) is 34.9 Å². The van der Waals surface area contributed by atoms with E-state index in [9.17, 15) is 4.79 Å². The van der Waals surface area contributed by atoms with Crippen LogP contribution in [-0.2, 0) is 6.42 Å². The minimum Gasteiger partial charge on any atom is -0.488 e. The highest BCUT2D eigenvalue weighted by Gasteiger charge is 2.43. The number of nitrogens with one attached hydrogen (secondary N) is 2. The van der Waals surface area contributed by atoms with Crippen molar-refractivity contribution in [3.8, 4) is 5.75 Å². The molecule has 2 aromatic rings. The number of pyridine rings is 1. The first kappa shape index (κ1) is 20.5. The van der Waals surface area contributed by atoms with E-state index in [2.05, 4.69) is 15.6 Å². The molecule has 8 heteroatoms. The number of anilines is 2. The molecule has 4 heterocycles. The lowest BCUT2D eigenvalue weighted by molar-refractivity contribution is 0.0912. The summed E-state index contributed by atoms with van der Waals surface area (Å²) >= 11 is 0. The second kappa shape index (κ2) is 7.55. The molecule has 2 bridgehead atoms. The molecule has 0 spiro atoms. The van der Waals surface area contributed by atoms with Crippen LogP contribution in [0, 0.1) is 29.4 Å². The standard InChI is InChI=1S/C26H28F2N4O2/c27-21-7-22(32-10-13-1-2-14(3-13)11-32)23(28)24-20(21)6-17(12-34-24)31-26(33)16-5-19-18-4-15(18)8-29-25(19)30-9-16/h5,7,9,13-15,17-18H,1-4,6,8,10-12H2,(H,29,30)(H,31,33)/t13?,14?,15-,17-,18-/m1/s1. The molecule has 3 fully saturated rings. The summed E-state index contributed by atoms with van der Waals surface area (Å²) in [5, 5.41) is 6.25. The Hall–Kier alpha value is -2.90. The topological polar surface area (TPSA) is 66.5 Å². The van der Waals surface area contributed by atoms with Crippen LogP contribution in [0.1, 0.15) is 53.1 Å². The number of hydrogen-bond acceptors (Lipinski definition) is 5. The zero-order valence-corrected chi connectivity index (χ0v) is 18.9. The molecule has 6 nitrogen and oxygen atoms in total. The molecule has 1 saturated heterocycles. The van der Waals surface area contributed by atoms with E-state index in [1.807, 2.05) is 11.0 Å². The summed E-state index contributed by atoms with van der Waals surface area (Å²) in [7, 11) is 0. The van der Waals surface area contributed by atoms with Crippen molar-refractivity contribution < 1.29 is 18.3 Å². The fourth-order valence-electron chi connectivity index (χ4n) is 6.57. The number of amides is 1. The normalized spacial score (nSPS) is 30.4. The van der Waals surface area contributed by atoms with Gasteiger partial charge < -0.3 is 20.3 Å². The van der Waals surface area contributed by atoms with Gasteiger partial charge in [0.25, 0.3) is 5.91 Å². The Morgan fingerprint density at radius 3 is 2.82 bits per heavy atom. The van der Waals surface area contributed by atoms with Crippen LogP contribution < -0.4 is 20.3 Å². The van der Waals surface area contributed by atoms with Crippen molar-refractivity contribution in [2.24, 2.45) is 17.8 Å². The molecule has 5 atom stereocenters. The van der Waals surface area contributed by atoms with E-state index >= 15 is 8.78 Å². The maximum atomic E-state index is 15.4. The van der Waals surface area contributed by atoms with Crippen molar-refractivity contribution in [3.05, 3.63) is 46.7 Å². The third-order valence-corrected chi connectivity index (χ3v) is 8.45. The molecule has 5 aliphatic rings. The minimum absolute atomic E-state index is 0.000263. The average Bonchev–Trinajstić information content (AvgIpc) is 3.58. The van der Waals surface area contributed by atoms with Crippen molar-refractivity contribution in [1.82, 2.24) is 10.3 Å². The van der Waals surface area contributed by atoms with Gasteiger partial charge >= 0.3 is 0 Å². The summed E-state index contributed by atoms with van der Waals surface area (Å²) in [6, 6.07) is 2.79. The van der Waals surface area contributed by atoms with Gasteiger partial charge in [-0.15, -0.1) is 0 Å². The number of aromatic nitrogens is 1. The van der Waals surface area contributed by atoms with Gasteiger partial charge in [0.05, 0.1) is 17.3 Å². The largest absolute Gasteiger partial charge is 0.488 e. The van der Waals surface area contributed by atoms with Crippen molar-refractivity contribution >= 4 is 17.4 Å². The Kier molecular flexibility index (Phi) is 4.55. The number of benzene rings is 1. The van der Waals surface area contributed by atoms with E-state index in [1.54, 1.807) is 6.20 Å². The van der Waals surface area contributed by atoms with Gasteiger partial charge in [-0.3, -0.25) is 4.79 Å². The Balaban J connectivity index is 1.08. The van der Waals surface area contributed by atoms with Gasteiger partial charge in [0.15, 0.2) is 11.6 Å². The fourth-order valence-corrected chi connectivity index (χ4v) is 6.57. The van der Waals surface area contributed by atoms with Crippen LogP contribution in [0.3, 0.4) is 0 Å². The fraction of sp³-hybridized carbons (Fsp3) is 0.538. The van der Waals surface area contributed by atoms with Crippen molar-refractivity contribution in [1.29, 1.82) is 0 Å². The smallest absolute Gasteiger partial charge is 0.253 e. The lowest BCUT2D eigenvalue weighted by Crippen LogP contribution is -2.43. The number of halogens is 2. The summed E-state index contributed by atoms with van der Waals surface area (Å²) in [5.74, 6) is 1.91. The summed E-state index contributed by atoms with van der Waals surface area (Å²) in [6.07, 6.45) is 6.43. The molecular weight excluding hydrogens is 438 g/mol. The molecule has 178 valence electrons. The zero-order chi connectivity index (χ0) is 23.0. The summed E-state index contributed by atoms with van der Waals surface area (Å²) in [6.45, 7) is 2.60. The van der Waals surface area contributed by atoms with Gasteiger partial charge in [-0.2, -0.15) is 0 Å². The van der Waals surface area contributed by atoms with E-state index in [-0.39, 0.29) is 30.2 Å². The van der Waals surface area contributed by atoms with E-state index in [4.69, 9.17) is 4.74 Å². The number of carbonyl (C=O) groups is 1. The van der Waals surface area contributed by atoms with Gasteiger partial charge in [0, 0.05) is 43.9 Å². The number of hydrogen-bond donors (Lipinski definition) is 2. The van der Waals surface area contributed by atoms with Gasteiger partial charge in [-0.05, 0) is 61.0 Å². The van der Waals surface area contributed by atoms with Crippen LogP contribution in [0.15, 0.2) is 18.3 Å². The molecule has 7 rings (SSSR count). The zero-order valence-electron chi connectivity index (χ0n) is 18.9. The summed E-state index contributed by atoms with van der Waals surface area (Å²) < 4.78 is 36.3. The molecule has 1 aromatic heterocycles. The molecular formula is C26H28F2N4O2. The second-order valence-corrected chi connectivity index (χ2v) is 10.8. The van der Waals surface area contributed by atoms with Gasteiger partial charge in [-0.1, -0.05) is 0 Å². The average molecular weight is 467 g/mol. The number of carbonyl (C=O) groups excluding carboxylic acids is 1. The predicted octanol–water partition coefficient (Wildman–Crippen LogP) is 3.86. The minimum atomic E-state index is -0.479. The highest BCUT2D eigenvalue weighted by Crippen LogP contribution is 2.52. The van der Waals surface area contributed by atoms with Crippen LogP contribution in [0.2, 0.25) is 0 Å². The third-order valence-electron chi connectivity index (χ3n) is 8.45. The summed E-state index contributed by atoms with van der Waals surface area (Å²) in [4.78, 5) is 19.3. The molecule has 2 aliphatic carbocycles. The molecule has 34 heavy (non-hydrogen) atoms. The first-order chi connectivity index (χ1) is 16.5. The predicted molar refractivity (Wildman–Crippen MR) is 123 cm³/mol. The number of rotatable bonds is 3. The van der Waals surface area contributed by atoms with Crippen molar-refractivity contribution in [2.45, 2.75) is 44.1 Å². The van der Waals surface area contributed by atoms with E-state index in [1.165, 1.54) is 25.3 Å². The van der Waals surface area contributed by atoms with E-state index < -0.39 is 17.7 Å². The van der Waals surface area contributed by atoms with Gasteiger partial charge in [0.1, 0.15) is 18.2 Å². The molecule has 1 amide bonds. The number of fused-ring (bicyclic) bond motifs is 6. The van der Waals surface area contributed by atoms with Gasteiger partial charge in [0.2, 0.25) is 0 Å². The Morgan fingerprint density at radius 2 is 2.00 bits per heavy atom. The molecule has 3 aliphatic heterocycles. The van der Waals surface area contributed by atoms with Crippen LogP contribution >= 0.6 is 0 Å². The molecule has 2 saturated carbocycles. The van der Waals surface area contributed by atoms with Crippen LogP contribution in [0.4, 0.5) is 20.3 Å². The Bertz CT molecular complexity index is 1180. The second-order valence-electron chi connectivity index (χ2n) is 10.8. The number of piperidine rings is 1. The van der Waals surface area contributed by atoms with Crippen molar-refractivity contribution in [3.63, 3.8) is 0 Å². The summed E-state index contributed by atoms with van der Waals surface area (Å²) in [5.41, 5.74) is 2.09. The molecule has 2 unspecified atom stereocenters. The van der Waals surface area contributed by atoms with E-state index in [0.717, 1.165) is 37.4 Å². The highest BCUT2D eigenvalue weighted by atomic mass is 19.1. The highest BCUT2D eigenvalue weighted by molar-refractivity contribution is 5.94. The third kappa shape index (κ3) is 3.33. The number of ether oxygens (including phenoxy) is 1. The first-order valence-electron chi connectivity index (χ1n) is 12.5. The maximum Gasteiger partial charge on any atom is 0.253 e. The first-order valence-corrected chi connectivity index (χ1v) is 12.5. The molecule has 0 radical (unpaired) electrons. The van der Waals surface area contributed by atoms with Crippen LogP contribution in [0.5, 0.6) is 5.75 Å². The maximum absolute atomic E-state index is 15.4. The molecule has 2 N–H and O–H groups in total. The Morgan fingerprint density at radius 1 is 1.18 bits per heavy atom. The SMILES string of the molecule is O=C(N[C@H]1COc2c(F)c(N3CC4CCC(C4)C3)cc(F)c2C1)c1cnc2c(c1)[C@@H]1C[C@@H]1CN2. The molecule has 1 aromatic carbocycles. The number of nitrogens with zero attached hydrogens (tertiary/aromatic N) is 2. The van der Waals surface area contributed by atoms with Gasteiger partial charge in [-0.25, -0.2) is 13.8 Å². The lowest BCUT2D eigenvalue weighted by Gasteiger charge is -2.35. The monoisotopic (exact) mass is 466 g/mol. The van der Waals surface area contributed by atoms with Crippen molar-refractivity contribution in [2.75, 3.05) is 36.5 Å². The lowest BCUT2D eigenvalue weighted by atomic mass is 9.96. The quantitative estimate of drug-likeness (QED) is 0.719. The Labute approximate surface area is 197 Å². The van der Waals surface area contributed by atoms with Crippen LogP contribution in [-0.4, -0.2) is 43.2 Å².